The maximum Gasteiger partial charge on any atom is 0.138 e. The van der Waals surface area contributed by atoms with Crippen LogP contribution in [-0.2, 0) is 7.05 Å². The number of piperazine rings is 1. The fourth-order valence-electron chi connectivity index (χ4n) is 2.83. The van der Waals surface area contributed by atoms with Crippen molar-refractivity contribution < 1.29 is 4.74 Å². The number of aromatic nitrogens is 2. The van der Waals surface area contributed by atoms with Gasteiger partial charge in [0, 0.05) is 50.6 Å². The van der Waals surface area contributed by atoms with Crippen LogP contribution in [0.4, 0.5) is 0 Å². The van der Waals surface area contributed by atoms with Crippen molar-refractivity contribution in [2.24, 2.45) is 7.05 Å². The molecule has 1 unspecified atom stereocenters. The van der Waals surface area contributed by atoms with E-state index in [1.54, 1.807) is 18.2 Å². The molecule has 0 bridgehead atoms. The lowest BCUT2D eigenvalue weighted by atomic mass is 10.2. The summed E-state index contributed by atoms with van der Waals surface area (Å²) in [6.07, 6.45) is 3.82. The summed E-state index contributed by atoms with van der Waals surface area (Å²) >= 11 is 12.0. The lowest BCUT2D eigenvalue weighted by Gasteiger charge is -2.35. The van der Waals surface area contributed by atoms with Crippen LogP contribution in [0.15, 0.2) is 30.6 Å². The number of aryl methyl sites for hydroxylation is 1. The van der Waals surface area contributed by atoms with Crippen molar-refractivity contribution in [3.8, 4) is 5.75 Å². The summed E-state index contributed by atoms with van der Waals surface area (Å²) in [5, 5.41) is 4.58. The van der Waals surface area contributed by atoms with Gasteiger partial charge >= 0.3 is 0 Å². The van der Waals surface area contributed by atoms with Crippen LogP contribution in [0.5, 0.6) is 5.75 Å². The Kier molecular flexibility index (Phi) is 7.19. The van der Waals surface area contributed by atoms with E-state index >= 15 is 0 Å². The Labute approximate surface area is 158 Å². The van der Waals surface area contributed by atoms with Gasteiger partial charge in [-0.05, 0) is 18.2 Å². The molecule has 132 valence electrons. The highest BCUT2D eigenvalue weighted by atomic mass is 35.5. The van der Waals surface area contributed by atoms with Gasteiger partial charge in [-0.25, -0.2) is 4.98 Å². The maximum atomic E-state index is 6.14. The molecular weight excluding hydrogens is 371 g/mol. The van der Waals surface area contributed by atoms with Gasteiger partial charge in [0.2, 0.25) is 0 Å². The molecule has 1 saturated heterocycles. The standard InChI is InChI=1S/C16H20Cl2N4O.ClH/c1-21-6-5-20-16(21)14-11-19-4-7-22(14)8-9-23-15-3-2-12(17)10-13(15)18;/h2-3,5-6,10,14,19H,4,7-9,11H2,1H3;1H. The van der Waals surface area contributed by atoms with Gasteiger partial charge in [-0.2, -0.15) is 0 Å². The molecule has 0 radical (unpaired) electrons. The number of nitrogens with zero attached hydrogens (tertiary/aromatic N) is 3. The van der Waals surface area contributed by atoms with Gasteiger partial charge in [0.1, 0.15) is 18.2 Å². The average molecular weight is 392 g/mol. The van der Waals surface area contributed by atoms with Crippen molar-refractivity contribution in [2.45, 2.75) is 6.04 Å². The molecule has 1 atom stereocenters. The second kappa shape index (κ2) is 8.92. The molecule has 2 heterocycles. The number of imidazole rings is 1. The lowest BCUT2D eigenvalue weighted by molar-refractivity contribution is 0.127. The molecular formula is C16H21Cl3N4O. The van der Waals surface area contributed by atoms with Crippen LogP contribution in [0.3, 0.4) is 0 Å². The second-order valence-corrected chi connectivity index (χ2v) is 6.42. The fraction of sp³-hybridized carbons (Fsp3) is 0.438. The lowest BCUT2D eigenvalue weighted by Crippen LogP contribution is -2.48. The van der Waals surface area contributed by atoms with Gasteiger partial charge in [-0.3, -0.25) is 4.90 Å². The predicted molar refractivity (Wildman–Crippen MR) is 99.6 cm³/mol. The Balaban J connectivity index is 0.00000208. The quantitative estimate of drug-likeness (QED) is 0.850. The van der Waals surface area contributed by atoms with E-state index in [0.717, 1.165) is 32.0 Å². The summed E-state index contributed by atoms with van der Waals surface area (Å²) in [5.41, 5.74) is 0. The molecule has 8 heteroatoms. The molecule has 1 aliphatic heterocycles. The zero-order valence-corrected chi connectivity index (χ0v) is 15.7. The molecule has 1 fully saturated rings. The highest BCUT2D eigenvalue weighted by Gasteiger charge is 2.26. The highest BCUT2D eigenvalue weighted by Crippen LogP contribution is 2.27. The van der Waals surface area contributed by atoms with Crippen LogP contribution in [0.2, 0.25) is 10.0 Å². The Hall–Kier alpha value is -0.980. The first kappa shape index (κ1) is 19.3. The van der Waals surface area contributed by atoms with E-state index in [0.29, 0.717) is 22.4 Å². The first-order valence-electron chi connectivity index (χ1n) is 7.65. The van der Waals surface area contributed by atoms with Crippen molar-refractivity contribution in [2.75, 3.05) is 32.8 Å². The number of ether oxygens (including phenoxy) is 1. The van der Waals surface area contributed by atoms with E-state index in [9.17, 15) is 0 Å². The van der Waals surface area contributed by atoms with Crippen molar-refractivity contribution in [3.63, 3.8) is 0 Å². The fourth-order valence-corrected chi connectivity index (χ4v) is 3.30. The first-order valence-corrected chi connectivity index (χ1v) is 8.40. The Morgan fingerprint density at radius 3 is 2.92 bits per heavy atom. The molecule has 0 saturated carbocycles. The third-order valence-corrected chi connectivity index (χ3v) is 4.57. The third kappa shape index (κ3) is 4.55. The van der Waals surface area contributed by atoms with Gasteiger partial charge < -0.3 is 14.6 Å². The minimum absolute atomic E-state index is 0. The molecule has 0 spiro atoms. The molecule has 3 rings (SSSR count). The molecule has 1 aliphatic rings. The number of hydrogen-bond acceptors (Lipinski definition) is 4. The summed E-state index contributed by atoms with van der Waals surface area (Å²) in [7, 11) is 2.03. The van der Waals surface area contributed by atoms with E-state index in [1.165, 1.54) is 0 Å². The van der Waals surface area contributed by atoms with E-state index in [1.807, 2.05) is 19.4 Å². The molecule has 0 amide bonds. The van der Waals surface area contributed by atoms with Crippen molar-refractivity contribution >= 4 is 35.6 Å². The molecule has 1 aromatic carbocycles. The van der Waals surface area contributed by atoms with Crippen LogP contribution in [0.1, 0.15) is 11.9 Å². The summed E-state index contributed by atoms with van der Waals surface area (Å²) in [5.74, 6) is 1.74. The van der Waals surface area contributed by atoms with Crippen LogP contribution < -0.4 is 10.1 Å². The van der Waals surface area contributed by atoms with Gasteiger partial charge in [0.25, 0.3) is 0 Å². The van der Waals surface area contributed by atoms with Gasteiger partial charge in [0.15, 0.2) is 0 Å². The van der Waals surface area contributed by atoms with E-state index < -0.39 is 0 Å². The monoisotopic (exact) mass is 390 g/mol. The molecule has 0 aliphatic carbocycles. The first-order chi connectivity index (χ1) is 11.1. The van der Waals surface area contributed by atoms with E-state index in [2.05, 4.69) is 19.8 Å². The van der Waals surface area contributed by atoms with Gasteiger partial charge in [-0.15, -0.1) is 12.4 Å². The zero-order valence-electron chi connectivity index (χ0n) is 13.4. The third-order valence-electron chi connectivity index (χ3n) is 4.04. The Bertz CT molecular complexity index is 665. The maximum absolute atomic E-state index is 6.14. The van der Waals surface area contributed by atoms with Crippen LogP contribution >= 0.6 is 35.6 Å². The summed E-state index contributed by atoms with van der Waals surface area (Å²) in [6.45, 7) is 4.23. The normalized spacial score (nSPS) is 18.2. The minimum atomic E-state index is 0. The smallest absolute Gasteiger partial charge is 0.138 e. The van der Waals surface area contributed by atoms with Gasteiger partial charge in [-0.1, -0.05) is 23.2 Å². The second-order valence-electron chi connectivity index (χ2n) is 5.58. The van der Waals surface area contributed by atoms with Crippen molar-refractivity contribution in [1.82, 2.24) is 19.8 Å². The zero-order chi connectivity index (χ0) is 16.2. The largest absolute Gasteiger partial charge is 0.491 e. The Morgan fingerprint density at radius 2 is 2.21 bits per heavy atom. The van der Waals surface area contributed by atoms with E-state index in [-0.39, 0.29) is 18.4 Å². The Morgan fingerprint density at radius 1 is 1.38 bits per heavy atom. The number of rotatable bonds is 5. The van der Waals surface area contributed by atoms with Crippen molar-refractivity contribution in [1.29, 1.82) is 0 Å². The molecule has 1 N–H and O–H groups in total. The van der Waals surface area contributed by atoms with E-state index in [4.69, 9.17) is 27.9 Å². The summed E-state index contributed by atoms with van der Waals surface area (Å²) in [4.78, 5) is 6.88. The average Bonchev–Trinajstić information content (AvgIpc) is 2.96. The predicted octanol–water partition coefficient (Wildman–Crippen LogP) is 3.17. The number of hydrogen-bond donors (Lipinski definition) is 1. The number of benzene rings is 1. The van der Waals surface area contributed by atoms with Crippen molar-refractivity contribution in [3.05, 3.63) is 46.5 Å². The number of nitrogens with one attached hydrogen (secondary N) is 1. The molecule has 5 nitrogen and oxygen atoms in total. The SMILES string of the molecule is Cl.Cn1ccnc1C1CNCCN1CCOc1ccc(Cl)cc1Cl. The molecule has 1 aromatic heterocycles. The molecule has 24 heavy (non-hydrogen) atoms. The highest BCUT2D eigenvalue weighted by molar-refractivity contribution is 6.35. The number of halogens is 3. The van der Waals surface area contributed by atoms with Gasteiger partial charge in [0.05, 0.1) is 11.1 Å². The minimum Gasteiger partial charge on any atom is -0.491 e. The summed E-state index contributed by atoms with van der Waals surface area (Å²) in [6, 6.07) is 5.54. The van der Waals surface area contributed by atoms with Crippen LogP contribution in [-0.4, -0.2) is 47.2 Å². The van der Waals surface area contributed by atoms with Crippen LogP contribution in [0, 0.1) is 0 Å². The topological polar surface area (TPSA) is 42.3 Å². The summed E-state index contributed by atoms with van der Waals surface area (Å²) < 4.78 is 7.88. The van der Waals surface area contributed by atoms with Crippen LogP contribution in [0.25, 0.3) is 0 Å². The molecule has 2 aromatic rings.